The van der Waals surface area contributed by atoms with Crippen molar-refractivity contribution in [2.45, 2.75) is 17.7 Å². The van der Waals surface area contributed by atoms with E-state index in [2.05, 4.69) is 9.88 Å². The summed E-state index contributed by atoms with van der Waals surface area (Å²) in [5, 5.41) is 12.3. The lowest BCUT2D eigenvalue weighted by atomic mass is 10.3. The van der Waals surface area contributed by atoms with Gasteiger partial charge < -0.3 is 4.90 Å². The monoisotopic (exact) mass is 478 g/mol. The van der Waals surface area contributed by atoms with E-state index in [4.69, 9.17) is 11.6 Å². The van der Waals surface area contributed by atoms with Crippen molar-refractivity contribution in [1.29, 1.82) is 0 Å². The number of amides is 1. The van der Waals surface area contributed by atoms with Crippen molar-refractivity contribution in [2.75, 3.05) is 37.8 Å². The molecule has 0 bridgehead atoms. The van der Waals surface area contributed by atoms with Crippen molar-refractivity contribution in [2.24, 2.45) is 0 Å². The molecule has 0 atom stereocenters. The van der Waals surface area contributed by atoms with Crippen LogP contribution in [0.5, 0.6) is 0 Å². The van der Waals surface area contributed by atoms with E-state index in [0.717, 1.165) is 17.9 Å². The molecule has 1 amide bonds. The van der Waals surface area contributed by atoms with Crippen molar-refractivity contribution >= 4 is 61.6 Å². The van der Waals surface area contributed by atoms with Crippen LogP contribution in [0.25, 0.3) is 10.2 Å². The molecule has 31 heavy (non-hydrogen) atoms. The number of thioether (sulfide) groups is 1. The van der Waals surface area contributed by atoms with Gasteiger partial charge in [0.2, 0.25) is 5.91 Å². The van der Waals surface area contributed by atoms with Crippen LogP contribution in [0.3, 0.4) is 0 Å². The van der Waals surface area contributed by atoms with Crippen LogP contribution in [0.2, 0.25) is 5.02 Å². The maximum Gasteiger partial charge on any atom is 0.270 e. The Hall–Kier alpha value is -2.20. The summed E-state index contributed by atoms with van der Waals surface area (Å²) in [6.07, 6.45) is 1.17. The minimum Gasteiger partial charge on any atom is -0.309 e. The summed E-state index contributed by atoms with van der Waals surface area (Å²) in [4.78, 5) is 33.1. The molecule has 7 nitrogen and oxygen atoms in total. The molecule has 10 heteroatoms. The van der Waals surface area contributed by atoms with E-state index in [1.807, 2.05) is 38.4 Å². The normalized spacial score (nSPS) is 11.2. The molecular weight excluding hydrogens is 456 g/mol. The number of fused-ring (bicyclic) bond motifs is 1. The predicted octanol–water partition coefficient (Wildman–Crippen LogP) is 5.33. The number of nitro groups is 1. The van der Waals surface area contributed by atoms with Gasteiger partial charge in [0.05, 0.1) is 15.1 Å². The van der Waals surface area contributed by atoms with E-state index in [0.29, 0.717) is 39.1 Å². The predicted molar refractivity (Wildman–Crippen MR) is 129 cm³/mol. The molecule has 2 aromatic carbocycles. The van der Waals surface area contributed by atoms with Crippen LogP contribution in [0, 0.1) is 10.1 Å². The number of aromatic nitrogens is 1. The van der Waals surface area contributed by atoms with Crippen molar-refractivity contribution in [3.63, 3.8) is 0 Å². The van der Waals surface area contributed by atoms with E-state index < -0.39 is 4.92 Å². The lowest BCUT2D eigenvalue weighted by Gasteiger charge is -2.21. The molecule has 1 heterocycles. The number of nitro benzene ring substituents is 1. The zero-order valence-corrected chi connectivity index (χ0v) is 19.7. The molecule has 0 spiro atoms. The highest BCUT2D eigenvalue weighted by atomic mass is 35.5. The van der Waals surface area contributed by atoms with Gasteiger partial charge in [0, 0.05) is 40.8 Å². The Bertz CT molecular complexity index is 1060. The first-order chi connectivity index (χ1) is 14.8. The second-order valence-electron chi connectivity index (χ2n) is 7.16. The first-order valence-electron chi connectivity index (χ1n) is 9.72. The second-order valence-corrected chi connectivity index (χ2v) is 9.77. The second kappa shape index (κ2) is 10.9. The maximum atomic E-state index is 13.1. The van der Waals surface area contributed by atoms with Crippen LogP contribution in [-0.2, 0) is 4.79 Å². The Morgan fingerprint density at radius 1 is 1.19 bits per heavy atom. The number of nitrogens with zero attached hydrogens (tertiary/aromatic N) is 4. The average molecular weight is 479 g/mol. The Labute approximate surface area is 194 Å². The lowest BCUT2D eigenvalue weighted by molar-refractivity contribution is -0.384. The zero-order valence-electron chi connectivity index (χ0n) is 17.3. The van der Waals surface area contributed by atoms with E-state index >= 15 is 0 Å². The minimum atomic E-state index is -0.424. The van der Waals surface area contributed by atoms with Gasteiger partial charge in [-0.15, -0.1) is 11.8 Å². The van der Waals surface area contributed by atoms with Crippen molar-refractivity contribution < 1.29 is 9.72 Å². The largest absolute Gasteiger partial charge is 0.309 e. The fourth-order valence-corrected chi connectivity index (χ4v) is 4.93. The van der Waals surface area contributed by atoms with E-state index in [-0.39, 0.29) is 11.6 Å². The lowest BCUT2D eigenvalue weighted by Crippen LogP contribution is -2.33. The average Bonchev–Trinajstić information content (AvgIpc) is 3.15. The number of benzene rings is 2. The molecular formula is C21H23ClN4O3S2. The smallest absolute Gasteiger partial charge is 0.270 e. The fourth-order valence-electron chi connectivity index (χ4n) is 2.92. The van der Waals surface area contributed by atoms with Crippen LogP contribution in [0.4, 0.5) is 10.8 Å². The van der Waals surface area contributed by atoms with Gasteiger partial charge in [-0.05, 0) is 57.4 Å². The Morgan fingerprint density at radius 2 is 1.94 bits per heavy atom. The highest BCUT2D eigenvalue weighted by Crippen LogP contribution is 2.32. The molecule has 0 N–H and O–H groups in total. The third kappa shape index (κ3) is 6.64. The van der Waals surface area contributed by atoms with Gasteiger partial charge >= 0.3 is 0 Å². The van der Waals surface area contributed by atoms with Gasteiger partial charge in [-0.3, -0.25) is 19.8 Å². The number of hydrogen-bond donors (Lipinski definition) is 0. The van der Waals surface area contributed by atoms with Gasteiger partial charge in [-0.2, -0.15) is 0 Å². The van der Waals surface area contributed by atoms with E-state index in [9.17, 15) is 14.9 Å². The van der Waals surface area contributed by atoms with Gasteiger partial charge in [-0.1, -0.05) is 22.9 Å². The molecule has 3 rings (SSSR count). The molecule has 0 unspecified atom stereocenters. The Morgan fingerprint density at radius 3 is 2.61 bits per heavy atom. The topological polar surface area (TPSA) is 79.6 Å². The van der Waals surface area contributed by atoms with Crippen molar-refractivity contribution in [3.8, 4) is 0 Å². The van der Waals surface area contributed by atoms with Crippen molar-refractivity contribution in [3.05, 3.63) is 57.6 Å². The number of carbonyl (C=O) groups excluding carboxylic acids is 1. The van der Waals surface area contributed by atoms with Gasteiger partial charge in [0.25, 0.3) is 5.69 Å². The summed E-state index contributed by atoms with van der Waals surface area (Å²) in [5.74, 6) is 0.634. The molecule has 0 radical (unpaired) electrons. The Balaban J connectivity index is 1.73. The van der Waals surface area contributed by atoms with Crippen LogP contribution < -0.4 is 4.90 Å². The highest BCUT2D eigenvalue weighted by molar-refractivity contribution is 7.99. The number of rotatable bonds is 10. The molecule has 0 fully saturated rings. The zero-order chi connectivity index (χ0) is 22.4. The number of thiazole rings is 1. The third-order valence-electron chi connectivity index (χ3n) is 4.49. The third-order valence-corrected chi connectivity index (χ3v) is 6.80. The molecule has 0 aliphatic heterocycles. The fraction of sp³-hybridized carbons (Fsp3) is 0.333. The van der Waals surface area contributed by atoms with Crippen LogP contribution >= 0.6 is 34.7 Å². The standard InChI is InChI=1S/C21H23ClN4O3S2/c1-24(2)11-3-12-25(20(27)10-13-30-17-7-4-15(22)5-8-17)21-23-18-9-6-16(26(28)29)14-19(18)31-21/h4-9,14H,3,10-13H2,1-2H3. The molecule has 0 aliphatic rings. The number of hydrogen-bond acceptors (Lipinski definition) is 7. The molecule has 0 saturated heterocycles. The quantitative estimate of drug-likeness (QED) is 0.223. The molecule has 164 valence electrons. The summed E-state index contributed by atoms with van der Waals surface area (Å²) in [5.41, 5.74) is 0.680. The first kappa shape index (κ1) is 23.5. The number of anilines is 1. The van der Waals surface area contributed by atoms with Gasteiger partial charge in [0.1, 0.15) is 0 Å². The maximum absolute atomic E-state index is 13.1. The van der Waals surface area contributed by atoms with Gasteiger partial charge in [0.15, 0.2) is 5.13 Å². The number of non-ortho nitro benzene ring substituents is 1. The highest BCUT2D eigenvalue weighted by Gasteiger charge is 2.20. The molecule has 3 aromatic rings. The summed E-state index contributed by atoms with van der Waals surface area (Å²) < 4.78 is 0.699. The van der Waals surface area contributed by atoms with Crippen LogP contribution in [0.1, 0.15) is 12.8 Å². The molecule has 1 aromatic heterocycles. The summed E-state index contributed by atoms with van der Waals surface area (Å²) in [6, 6.07) is 12.1. The van der Waals surface area contributed by atoms with E-state index in [1.165, 1.54) is 23.5 Å². The minimum absolute atomic E-state index is 0.00576. The number of carbonyl (C=O) groups is 1. The van der Waals surface area contributed by atoms with Crippen LogP contribution in [-0.4, -0.2) is 53.7 Å². The molecule has 0 saturated carbocycles. The first-order valence-corrected chi connectivity index (χ1v) is 11.9. The van der Waals surface area contributed by atoms with E-state index in [1.54, 1.807) is 22.7 Å². The van der Waals surface area contributed by atoms with Crippen molar-refractivity contribution in [1.82, 2.24) is 9.88 Å². The SMILES string of the molecule is CN(C)CCCN(C(=O)CCSc1ccc(Cl)cc1)c1nc2ccc([N+](=O)[O-])cc2s1. The number of halogens is 1. The van der Waals surface area contributed by atoms with Gasteiger partial charge in [-0.25, -0.2) is 4.98 Å². The summed E-state index contributed by atoms with van der Waals surface area (Å²) in [6.45, 7) is 1.39. The molecule has 0 aliphatic carbocycles. The summed E-state index contributed by atoms with van der Waals surface area (Å²) >= 11 is 8.83. The van der Waals surface area contributed by atoms with Crippen LogP contribution in [0.15, 0.2) is 47.4 Å². The Kier molecular flexibility index (Phi) is 8.25. The summed E-state index contributed by atoms with van der Waals surface area (Å²) in [7, 11) is 3.98.